The Morgan fingerprint density at radius 3 is 2.38 bits per heavy atom. The van der Waals surface area contributed by atoms with Gasteiger partial charge in [-0.15, -0.1) is 5.10 Å². The van der Waals surface area contributed by atoms with Crippen LogP contribution in [0, 0.1) is 17.0 Å². The molecule has 0 spiro atoms. The molecule has 2 atom stereocenters. The minimum atomic E-state index is -3.83. The number of aromatic nitrogens is 4. The minimum Gasteiger partial charge on any atom is -0.491 e. The van der Waals surface area contributed by atoms with Crippen molar-refractivity contribution in [2.45, 2.75) is 55.8 Å². The number of aliphatic hydroxyl groups excluding tert-OH is 1. The fraction of sp³-hybridized carbons (Fsp3) is 0.500. The Balaban J connectivity index is 1.31. The first-order valence-corrected chi connectivity index (χ1v) is 14.5. The summed E-state index contributed by atoms with van der Waals surface area (Å²) < 4.78 is 90.6. The van der Waals surface area contributed by atoms with Gasteiger partial charge in [-0.2, -0.15) is 0 Å². The van der Waals surface area contributed by atoms with E-state index in [9.17, 15) is 27.4 Å². The number of hydrogen-bond acceptors (Lipinski definition) is 8. The van der Waals surface area contributed by atoms with Crippen molar-refractivity contribution in [3.8, 4) is 5.75 Å². The first-order chi connectivity index (χ1) is 18.7. The lowest BCUT2D eigenvalue weighted by Gasteiger charge is -2.74. The standard InChI is InChI=1S/C26H28F4N4O5S/c1-2-40(37,38)11-19(35)10-39-20-6-3-17(4-7-20)23-12-24(13-23,14-23)26(29,30)25(36,15-34-16-31-32-33-34)21-8-5-18(27)9-22(21)28/h3-9,16,19,35-36H,2,10-15H2,1H3/t19-,23?,24?,25-/m0/s1. The molecule has 40 heavy (non-hydrogen) atoms. The summed E-state index contributed by atoms with van der Waals surface area (Å²) in [5.41, 5.74) is -5.21. The number of rotatable bonds is 12. The number of nitrogens with zero attached hydrogens (tertiary/aromatic N) is 4. The molecule has 9 nitrogen and oxygen atoms in total. The Labute approximate surface area is 227 Å². The van der Waals surface area contributed by atoms with Crippen molar-refractivity contribution in [3.05, 3.63) is 71.6 Å². The molecule has 0 saturated heterocycles. The van der Waals surface area contributed by atoms with Crippen molar-refractivity contribution in [1.82, 2.24) is 20.2 Å². The van der Waals surface area contributed by atoms with Gasteiger partial charge >= 0.3 is 0 Å². The lowest BCUT2D eigenvalue weighted by molar-refractivity contribution is -0.347. The quantitative estimate of drug-likeness (QED) is 0.311. The Morgan fingerprint density at radius 1 is 1.12 bits per heavy atom. The molecule has 3 aliphatic carbocycles. The van der Waals surface area contributed by atoms with Crippen LogP contribution in [0.25, 0.3) is 0 Å². The number of aliphatic hydroxyl groups is 2. The van der Waals surface area contributed by atoms with E-state index in [1.165, 1.54) is 6.92 Å². The Kier molecular flexibility index (Phi) is 6.94. The number of halogens is 4. The van der Waals surface area contributed by atoms with E-state index in [0.29, 0.717) is 11.8 Å². The molecule has 2 aromatic carbocycles. The van der Waals surface area contributed by atoms with E-state index >= 15 is 8.78 Å². The SMILES string of the molecule is CCS(=O)(=O)C[C@@H](O)COc1ccc(C23CC(C(F)(F)[C@](O)(Cn4cnnn4)c4ccc(F)cc4F)(C2)C3)cc1. The molecule has 2 N–H and O–H groups in total. The molecule has 14 heteroatoms. The molecule has 1 heterocycles. The summed E-state index contributed by atoms with van der Waals surface area (Å²) in [5.74, 6) is -6.22. The summed E-state index contributed by atoms with van der Waals surface area (Å²) in [7, 11) is -3.36. The lowest BCUT2D eigenvalue weighted by atomic mass is 9.30. The van der Waals surface area contributed by atoms with Crippen LogP contribution in [-0.4, -0.2) is 69.0 Å². The highest BCUT2D eigenvalue weighted by molar-refractivity contribution is 7.91. The zero-order chi connectivity index (χ0) is 29.0. The van der Waals surface area contributed by atoms with Crippen LogP contribution in [0.4, 0.5) is 17.6 Å². The third kappa shape index (κ3) is 4.65. The van der Waals surface area contributed by atoms with Crippen molar-refractivity contribution in [2.75, 3.05) is 18.1 Å². The van der Waals surface area contributed by atoms with Crippen LogP contribution in [0.1, 0.15) is 37.3 Å². The molecule has 3 saturated carbocycles. The molecule has 3 aromatic rings. The van der Waals surface area contributed by atoms with Crippen molar-refractivity contribution in [2.24, 2.45) is 5.41 Å². The highest BCUT2D eigenvalue weighted by Crippen LogP contribution is 2.80. The van der Waals surface area contributed by atoms with E-state index in [1.54, 1.807) is 24.3 Å². The first kappa shape index (κ1) is 28.4. The average Bonchev–Trinajstić information content (AvgIpc) is 3.34. The van der Waals surface area contributed by atoms with E-state index in [4.69, 9.17) is 4.74 Å². The van der Waals surface area contributed by atoms with Crippen LogP contribution < -0.4 is 4.74 Å². The largest absolute Gasteiger partial charge is 0.491 e. The monoisotopic (exact) mass is 584 g/mol. The van der Waals surface area contributed by atoms with Gasteiger partial charge in [0.05, 0.1) is 12.3 Å². The highest BCUT2D eigenvalue weighted by atomic mass is 32.2. The third-order valence-electron chi connectivity index (χ3n) is 8.17. The van der Waals surface area contributed by atoms with Gasteiger partial charge in [-0.1, -0.05) is 19.1 Å². The van der Waals surface area contributed by atoms with Crippen LogP contribution in [0.15, 0.2) is 48.8 Å². The number of hydrogen-bond donors (Lipinski definition) is 2. The van der Waals surface area contributed by atoms with Crippen LogP contribution in [0.2, 0.25) is 0 Å². The summed E-state index contributed by atoms with van der Waals surface area (Å²) in [4.78, 5) is 0. The van der Waals surface area contributed by atoms with Gasteiger partial charge in [0.2, 0.25) is 0 Å². The minimum absolute atomic E-state index is 0.0293. The van der Waals surface area contributed by atoms with Gasteiger partial charge in [0.1, 0.15) is 36.4 Å². The van der Waals surface area contributed by atoms with Gasteiger partial charge < -0.3 is 14.9 Å². The molecule has 2 bridgehead atoms. The lowest BCUT2D eigenvalue weighted by Crippen LogP contribution is -2.76. The molecule has 3 aliphatic rings. The molecule has 1 aromatic heterocycles. The molecule has 0 amide bonds. The van der Waals surface area contributed by atoms with Crippen molar-refractivity contribution in [1.29, 1.82) is 0 Å². The topological polar surface area (TPSA) is 127 Å². The maximum Gasteiger partial charge on any atom is 0.287 e. The molecule has 0 aliphatic heterocycles. The van der Waals surface area contributed by atoms with Gasteiger partial charge in [-0.25, -0.2) is 30.7 Å². The maximum atomic E-state index is 16.3. The summed E-state index contributed by atoms with van der Waals surface area (Å²) >= 11 is 0. The summed E-state index contributed by atoms with van der Waals surface area (Å²) in [5, 5.41) is 31.7. The van der Waals surface area contributed by atoms with E-state index in [-0.39, 0.29) is 31.6 Å². The van der Waals surface area contributed by atoms with Crippen molar-refractivity contribution in [3.63, 3.8) is 0 Å². The molecular weight excluding hydrogens is 556 g/mol. The van der Waals surface area contributed by atoms with Gasteiger partial charge in [-0.05, 0) is 64.9 Å². The number of benzene rings is 2. The third-order valence-corrected chi connectivity index (χ3v) is 9.94. The van der Waals surface area contributed by atoms with E-state index < -0.39 is 67.8 Å². The van der Waals surface area contributed by atoms with Crippen molar-refractivity contribution >= 4 is 9.84 Å². The first-order valence-electron chi connectivity index (χ1n) is 12.6. The smallest absolute Gasteiger partial charge is 0.287 e. The van der Waals surface area contributed by atoms with E-state index in [1.807, 2.05) is 0 Å². The van der Waals surface area contributed by atoms with E-state index in [2.05, 4.69) is 15.5 Å². The second kappa shape index (κ2) is 9.77. The van der Waals surface area contributed by atoms with Crippen LogP contribution >= 0.6 is 0 Å². The summed E-state index contributed by atoms with van der Waals surface area (Å²) in [6, 6.07) is 8.75. The molecular formula is C26H28F4N4O5S. The molecule has 216 valence electrons. The molecule has 6 rings (SSSR count). The fourth-order valence-corrected chi connectivity index (χ4v) is 7.01. The number of ether oxygens (including phenoxy) is 1. The zero-order valence-electron chi connectivity index (χ0n) is 21.5. The molecule has 0 unspecified atom stereocenters. The average molecular weight is 585 g/mol. The van der Waals surface area contributed by atoms with Gasteiger partial charge in [0.25, 0.3) is 5.92 Å². The Bertz CT molecular complexity index is 1470. The second-order valence-electron chi connectivity index (χ2n) is 10.8. The Hall–Kier alpha value is -3.10. The van der Waals surface area contributed by atoms with Crippen LogP contribution in [0.3, 0.4) is 0 Å². The maximum absolute atomic E-state index is 16.3. The molecule has 3 fully saturated rings. The Morgan fingerprint density at radius 2 is 1.80 bits per heavy atom. The number of tetrazole rings is 1. The van der Waals surface area contributed by atoms with E-state index in [0.717, 1.165) is 28.7 Å². The van der Waals surface area contributed by atoms with Crippen molar-refractivity contribution < 1.29 is 40.9 Å². The van der Waals surface area contributed by atoms with Gasteiger partial charge in [0.15, 0.2) is 15.4 Å². The number of alkyl halides is 2. The summed E-state index contributed by atoms with van der Waals surface area (Å²) in [6.07, 6.45) is -0.0793. The second-order valence-corrected chi connectivity index (χ2v) is 13.2. The number of sulfone groups is 1. The highest BCUT2D eigenvalue weighted by Gasteiger charge is 2.82. The van der Waals surface area contributed by atoms with Crippen LogP contribution in [-0.2, 0) is 27.4 Å². The predicted molar refractivity (Wildman–Crippen MR) is 133 cm³/mol. The van der Waals surface area contributed by atoms with Crippen LogP contribution in [0.5, 0.6) is 5.75 Å². The van der Waals surface area contributed by atoms with Gasteiger partial charge in [0, 0.05) is 22.8 Å². The summed E-state index contributed by atoms with van der Waals surface area (Å²) in [6.45, 7) is 0.420. The molecule has 0 radical (unpaired) electrons. The fourth-order valence-electron chi connectivity index (χ4n) is 6.09. The zero-order valence-corrected chi connectivity index (χ0v) is 22.3. The van der Waals surface area contributed by atoms with Gasteiger partial charge in [-0.3, -0.25) is 0 Å². The normalized spacial score (nSPS) is 24.5. The predicted octanol–water partition coefficient (Wildman–Crippen LogP) is 2.77.